The highest BCUT2D eigenvalue weighted by molar-refractivity contribution is 6.00. The number of carbonyl (C=O) groups is 4. The number of anilines is 1. The third kappa shape index (κ3) is 4.56. The molecule has 2 rings (SSSR count). The number of amides is 2. The maximum Gasteiger partial charge on any atom is 0.328 e. The van der Waals surface area contributed by atoms with Crippen LogP contribution >= 0.6 is 0 Å². The van der Waals surface area contributed by atoms with Gasteiger partial charge in [-0.05, 0) is 24.6 Å². The van der Waals surface area contributed by atoms with Gasteiger partial charge in [0.05, 0.1) is 20.6 Å². The van der Waals surface area contributed by atoms with Gasteiger partial charge >= 0.3 is 11.9 Å². The molecule has 1 aliphatic heterocycles. The summed E-state index contributed by atoms with van der Waals surface area (Å²) in [6.07, 6.45) is 0.929. The fraction of sp³-hybridized carbons (Fsp3) is 0.412. The van der Waals surface area contributed by atoms with Crippen molar-refractivity contribution >= 4 is 29.4 Å². The fourth-order valence-corrected chi connectivity index (χ4v) is 2.56. The van der Waals surface area contributed by atoms with E-state index in [2.05, 4.69) is 14.8 Å². The Morgan fingerprint density at radius 2 is 2.00 bits per heavy atom. The molecule has 2 amide bonds. The second kappa shape index (κ2) is 8.27. The average molecular weight is 348 g/mol. The van der Waals surface area contributed by atoms with Crippen molar-refractivity contribution in [3.8, 4) is 0 Å². The molecular weight excluding hydrogens is 328 g/mol. The van der Waals surface area contributed by atoms with Crippen LogP contribution in [0.4, 0.5) is 5.69 Å². The van der Waals surface area contributed by atoms with Gasteiger partial charge in [-0.25, -0.2) is 4.79 Å². The Balaban J connectivity index is 2.14. The van der Waals surface area contributed by atoms with Crippen LogP contribution in [0.2, 0.25) is 0 Å². The Hall–Kier alpha value is -2.90. The van der Waals surface area contributed by atoms with Crippen molar-refractivity contribution in [3.63, 3.8) is 0 Å². The molecule has 134 valence electrons. The highest BCUT2D eigenvalue weighted by Gasteiger charge is 2.26. The largest absolute Gasteiger partial charge is 0.469 e. The normalized spacial score (nSPS) is 14.8. The van der Waals surface area contributed by atoms with E-state index in [1.807, 2.05) is 0 Å². The van der Waals surface area contributed by atoms with Crippen LogP contribution in [-0.2, 0) is 23.9 Å². The van der Waals surface area contributed by atoms with Gasteiger partial charge in [-0.15, -0.1) is 0 Å². The van der Waals surface area contributed by atoms with Crippen LogP contribution < -0.4 is 10.2 Å². The van der Waals surface area contributed by atoms with E-state index in [1.165, 1.54) is 14.2 Å². The number of hydrogen-bond donors (Lipinski definition) is 1. The predicted octanol–water partition coefficient (Wildman–Crippen LogP) is 0.648. The zero-order chi connectivity index (χ0) is 18.4. The lowest BCUT2D eigenvalue weighted by Gasteiger charge is -2.18. The maximum absolute atomic E-state index is 12.4. The van der Waals surface area contributed by atoms with Gasteiger partial charge in [0, 0.05) is 24.2 Å². The zero-order valence-corrected chi connectivity index (χ0v) is 14.1. The summed E-state index contributed by atoms with van der Waals surface area (Å²) in [5.41, 5.74) is 0.897. The van der Waals surface area contributed by atoms with E-state index in [1.54, 1.807) is 29.2 Å². The molecular formula is C17H20N2O6. The van der Waals surface area contributed by atoms with Crippen LogP contribution in [0, 0.1) is 0 Å². The van der Waals surface area contributed by atoms with E-state index < -0.39 is 23.9 Å². The number of benzene rings is 1. The van der Waals surface area contributed by atoms with Crippen molar-refractivity contribution in [2.75, 3.05) is 25.7 Å². The predicted molar refractivity (Wildman–Crippen MR) is 87.9 cm³/mol. The molecule has 1 heterocycles. The van der Waals surface area contributed by atoms with Gasteiger partial charge in [-0.3, -0.25) is 14.4 Å². The number of methoxy groups -OCH3 is 2. The molecule has 0 aliphatic carbocycles. The minimum atomic E-state index is -1.15. The number of nitrogens with one attached hydrogen (secondary N) is 1. The quantitative estimate of drug-likeness (QED) is 0.757. The van der Waals surface area contributed by atoms with Gasteiger partial charge in [-0.2, -0.15) is 0 Å². The number of ether oxygens (including phenoxy) is 2. The van der Waals surface area contributed by atoms with Crippen molar-refractivity contribution < 1.29 is 28.7 Å². The number of esters is 2. The SMILES string of the molecule is COC(=O)CC(NC(=O)c1cccc(N2CCCC2=O)c1)C(=O)OC. The summed E-state index contributed by atoms with van der Waals surface area (Å²) >= 11 is 0. The van der Waals surface area contributed by atoms with Gasteiger partial charge in [0.1, 0.15) is 6.04 Å². The van der Waals surface area contributed by atoms with Crippen LogP contribution in [0.5, 0.6) is 0 Å². The number of carbonyl (C=O) groups excluding carboxylic acids is 4. The molecule has 25 heavy (non-hydrogen) atoms. The molecule has 0 saturated carbocycles. The summed E-state index contributed by atoms with van der Waals surface area (Å²) in [7, 11) is 2.35. The first-order valence-corrected chi connectivity index (χ1v) is 7.82. The molecule has 0 bridgehead atoms. The first-order valence-electron chi connectivity index (χ1n) is 7.82. The van der Waals surface area contributed by atoms with Crippen LogP contribution in [-0.4, -0.2) is 50.6 Å². The fourth-order valence-electron chi connectivity index (χ4n) is 2.56. The Kier molecular flexibility index (Phi) is 6.10. The van der Waals surface area contributed by atoms with E-state index in [9.17, 15) is 19.2 Å². The van der Waals surface area contributed by atoms with Gasteiger partial charge in [0.15, 0.2) is 0 Å². The Bertz CT molecular complexity index is 687. The molecule has 8 heteroatoms. The standard InChI is InChI=1S/C17H20N2O6/c1-24-15(21)10-13(17(23)25-2)18-16(22)11-5-3-6-12(9-11)19-8-4-7-14(19)20/h3,5-6,9,13H,4,7-8,10H2,1-2H3,(H,18,22). The molecule has 1 fully saturated rings. The molecule has 1 atom stereocenters. The molecule has 1 saturated heterocycles. The number of rotatable bonds is 6. The van der Waals surface area contributed by atoms with E-state index in [-0.39, 0.29) is 17.9 Å². The van der Waals surface area contributed by atoms with Crippen molar-refractivity contribution in [3.05, 3.63) is 29.8 Å². The molecule has 1 aliphatic rings. The van der Waals surface area contributed by atoms with Crippen molar-refractivity contribution in [2.24, 2.45) is 0 Å². The molecule has 1 N–H and O–H groups in total. The summed E-state index contributed by atoms with van der Waals surface area (Å²) in [5, 5.41) is 2.46. The lowest BCUT2D eigenvalue weighted by Crippen LogP contribution is -2.43. The van der Waals surface area contributed by atoms with Crippen molar-refractivity contribution in [2.45, 2.75) is 25.3 Å². The third-order valence-electron chi connectivity index (χ3n) is 3.88. The van der Waals surface area contributed by atoms with Gasteiger partial charge in [-0.1, -0.05) is 6.07 Å². The number of hydrogen-bond acceptors (Lipinski definition) is 6. The van der Waals surface area contributed by atoms with E-state index in [0.29, 0.717) is 18.7 Å². The number of nitrogens with zero attached hydrogens (tertiary/aromatic N) is 1. The van der Waals surface area contributed by atoms with Crippen molar-refractivity contribution in [1.29, 1.82) is 0 Å². The Morgan fingerprint density at radius 3 is 2.60 bits per heavy atom. The summed E-state index contributed by atoms with van der Waals surface area (Å²) in [5.74, 6) is -1.93. The molecule has 1 aromatic rings. The summed E-state index contributed by atoms with van der Waals surface area (Å²) in [6, 6.07) is 5.38. The lowest BCUT2D eigenvalue weighted by atomic mass is 10.1. The van der Waals surface area contributed by atoms with E-state index in [0.717, 1.165) is 6.42 Å². The minimum absolute atomic E-state index is 0.00990. The first-order chi connectivity index (χ1) is 12.0. The Morgan fingerprint density at radius 1 is 1.24 bits per heavy atom. The summed E-state index contributed by atoms with van der Waals surface area (Å²) in [4.78, 5) is 49.0. The van der Waals surface area contributed by atoms with Crippen LogP contribution in [0.15, 0.2) is 24.3 Å². The van der Waals surface area contributed by atoms with E-state index in [4.69, 9.17) is 0 Å². The smallest absolute Gasteiger partial charge is 0.328 e. The highest BCUT2D eigenvalue weighted by Crippen LogP contribution is 2.22. The monoisotopic (exact) mass is 348 g/mol. The van der Waals surface area contributed by atoms with Gasteiger partial charge < -0.3 is 19.7 Å². The maximum atomic E-state index is 12.4. The second-order valence-electron chi connectivity index (χ2n) is 5.53. The summed E-state index contributed by atoms with van der Waals surface area (Å²) < 4.78 is 9.12. The average Bonchev–Trinajstić information content (AvgIpc) is 3.06. The zero-order valence-electron chi connectivity index (χ0n) is 14.1. The van der Waals surface area contributed by atoms with Gasteiger partial charge in [0.2, 0.25) is 5.91 Å². The van der Waals surface area contributed by atoms with Crippen LogP contribution in [0.1, 0.15) is 29.6 Å². The lowest BCUT2D eigenvalue weighted by molar-refractivity contribution is -0.149. The van der Waals surface area contributed by atoms with Crippen LogP contribution in [0.25, 0.3) is 0 Å². The molecule has 0 radical (unpaired) electrons. The van der Waals surface area contributed by atoms with E-state index >= 15 is 0 Å². The third-order valence-corrected chi connectivity index (χ3v) is 3.88. The Labute approximate surface area is 145 Å². The molecule has 1 unspecified atom stereocenters. The first kappa shape index (κ1) is 18.4. The minimum Gasteiger partial charge on any atom is -0.469 e. The molecule has 1 aromatic carbocycles. The molecule has 0 aromatic heterocycles. The highest BCUT2D eigenvalue weighted by atomic mass is 16.5. The topological polar surface area (TPSA) is 102 Å². The molecule has 8 nitrogen and oxygen atoms in total. The molecule has 0 spiro atoms. The van der Waals surface area contributed by atoms with Crippen molar-refractivity contribution in [1.82, 2.24) is 5.32 Å². The summed E-state index contributed by atoms with van der Waals surface area (Å²) in [6.45, 7) is 0.608. The van der Waals surface area contributed by atoms with Gasteiger partial charge in [0.25, 0.3) is 5.91 Å². The second-order valence-corrected chi connectivity index (χ2v) is 5.53. The van der Waals surface area contributed by atoms with Crippen LogP contribution in [0.3, 0.4) is 0 Å².